The maximum atomic E-state index is 12.6. The molecule has 18 heavy (non-hydrogen) atoms. The molecule has 100 valence electrons. The van der Waals surface area contributed by atoms with Gasteiger partial charge in [0.1, 0.15) is 0 Å². The van der Waals surface area contributed by atoms with Gasteiger partial charge in [0.2, 0.25) is 0 Å². The van der Waals surface area contributed by atoms with Crippen LogP contribution in [0.4, 0.5) is 18.9 Å². The summed E-state index contributed by atoms with van der Waals surface area (Å²) in [5.74, 6) is 0. The molecule has 2 rings (SSSR count). The van der Waals surface area contributed by atoms with Crippen molar-refractivity contribution in [2.75, 3.05) is 24.5 Å². The van der Waals surface area contributed by atoms with Crippen LogP contribution in [0.1, 0.15) is 18.9 Å². The van der Waals surface area contributed by atoms with Crippen LogP contribution in [0.3, 0.4) is 0 Å². The van der Waals surface area contributed by atoms with Crippen LogP contribution in [0.15, 0.2) is 24.3 Å². The third kappa shape index (κ3) is 3.16. The van der Waals surface area contributed by atoms with Crippen molar-refractivity contribution in [2.24, 2.45) is 0 Å². The highest BCUT2D eigenvalue weighted by Crippen LogP contribution is 2.31. The first-order valence-electron chi connectivity index (χ1n) is 6.12. The number of benzene rings is 1. The SMILES string of the molecule is CC1CCN(c2cccc(C(F)(F)F)c2)CCN1. The van der Waals surface area contributed by atoms with Crippen LogP contribution in [-0.2, 0) is 6.18 Å². The van der Waals surface area contributed by atoms with Crippen molar-refractivity contribution in [1.82, 2.24) is 5.32 Å². The second-order valence-electron chi connectivity index (χ2n) is 4.68. The number of alkyl halides is 3. The van der Waals surface area contributed by atoms with E-state index in [9.17, 15) is 13.2 Å². The van der Waals surface area contributed by atoms with Crippen LogP contribution in [-0.4, -0.2) is 25.7 Å². The van der Waals surface area contributed by atoms with Crippen LogP contribution in [0.2, 0.25) is 0 Å². The van der Waals surface area contributed by atoms with Gasteiger partial charge in [-0.1, -0.05) is 6.07 Å². The smallest absolute Gasteiger partial charge is 0.370 e. The number of hydrogen-bond acceptors (Lipinski definition) is 2. The van der Waals surface area contributed by atoms with Crippen LogP contribution in [0.5, 0.6) is 0 Å². The van der Waals surface area contributed by atoms with Crippen molar-refractivity contribution in [2.45, 2.75) is 25.6 Å². The Hall–Kier alpha value is -1.23. The van der Waals surface area contributed by atoms with Gasteiger partial charge in [-0.3, -0.25) is 0 Å². The second-order valence-corrected chi connectivity index (χ2v) is 4.68. The zero-order valence-corrected chi connectivity index (χ0v) is 10.3. The molecule has 1 heterocycles. The fourth-order valence-electron chi connectivity index (χ4n) is 2.15. The molecule has 0 spiro atoms. The van der Waals surface area contributed by atoms with Crippen LogP contribution in [0.25, 0.3) is 0 Å². The summed E-state index contributed by atoms with van der Waals surface area (Å²) in [7, 11) is 0. The number of anilines is 1. The van der Waals surface area contributed by atoms with Crippen molar-refractivity contribution < 1.29 is 13.2 Å². The standard InChI is InChI=1S/C13H17F3N2/c1-10-5-7-18(8-6-17-10)12-4-2-3-11(9-12)13(14,15)16/h2-4,9-10,17H,5-8H2,1H3. The van der Waals surface area contributed by atoms with Crippen LogP contribution < -0.4 is 10.2 Å². The monoisotopic (exact) mass is 258 g/mol. The Morgan fingerprint density at radius 2 is 2.06 bits per heavy atom. The molecule has 1 aromatic carbocycles. The molecule has 0 aromatic heterocycles. The van der Waals surface area contributed by atoms with E-state index in [0.29, 0.717) is 11.7 Å². The van der Waals surface area contributed by atoms with E-state index in [4.69, 9.17) is 0 Å². The quantitative estimate of drug-likeness (QED) is 0.833. The molecule has 0 saturated carbocycles. The predicted octanol–water partition coefficient (Wildman–Crippen LogP) is 2.89. The van der Waals surface area contributed by atoms with Gasteiger partial charge in [0.25, 0.3) is 0 Å². The fourth-order valence-corrected chi connectivity index (χ4v) is 2.15. The average Bonchev–Trinajstić information content (AvgIpc) is 2.53. The van der Waals surface area contributed by atoms with Gasteiger partial charge in [-0.2, -0.15) is 13.2 Å². The molecule has 1 aromatic rings. The third-order valence-electron chi connectivity index (χ3n) is 3.25. The maximum absolute atomic E-state index is 12.6. The minimum atomic E-state index is -4.27. The summed E-state index contributed by atoms with van der Waals surface area (Å²) in [6, 6.07) is 5.98. The van der Waals surface area contributed by atoms with Crippen molar-refractivity contribution in [3.63, 3.8) is 0 Å². The zero-order chi connectivity index (χ0) is 13.2. The Morgan fingerprint density at radius 3 is 2.78 bits per heavy atom. The Kier molecular flexibility index (Phi) is 3.80. The molecule has 1 aliphatic heterocycles. The molecule has 1 saturated heterocycles. The van der Waals surface area contributed by atoms with Gasteiger partial charge < -0.3 is 10.2 Å². The molecule has 0 radical (unpaired) electrons. The van der Waals surface area contributed by atoms with E-state index in [0.717, 1.165) is 32.1 Å². The van der Waals surface area contributed by atoms with Crippen LogP contribution in [0, 0.1) is 0 Å². The van der Waals surface area contributed by atoms with Crippen molar-refractivity contribution in [1.29, 1.82) is 0 Å². The zero-order valence-electron chi connectivity index (χ0n) is 10.3. The Labute approximate surface area is 105 Å². The van der Waals surface area contributed by atoms with E-state index in [-0.39, 0.29) is 0 Å². The molecule has 0 bridgehead atoms. The Morgan fingerprint density at radius 1 is 1.28 bits per heavy atom. The summed E-state index contributed by atoms with van der Waals surface area (Å²) in [5, 5.41) is 3.33. The molecule has 2 nitrogen and oxygen atoms in total. The van der Waals surface area contributed by atoms with Gasteiger partial charge in [-0.25, -0.2) is 0 Å². The molecule has 5 heteroatoms. The van der Waals surface area contributed by atoms with E-state index in [1.54, 1.807) is 6.07 Å². The first kappa shape index (κ1) is 13.2. The van der Waals surface area contributed by atoms with Gasteiger partial charge in [0.15, 0.2) is 0 Å². The Bertz CT molecular complexity index is 403. The lowest BCUT2D eigenvalue weighted by Crippen LogP contribution is -2.29. The highest BCUT2D eigenvalue weighted by Gasteiger charge is 2.30. The summed E-state index contributed by atoms with van der Waals surface area (Å²) in [6.45, 7) is 4.42. The molecule has 0 aliphatic carbocycles. The number of rotatable bonds is 1. The van der Waals surface area contributed by atoms with E-state index in [1.165, 1.54) is 12.1 Å². The molecule has 1 N–H and O–H groups in total. The first-order chi connectivity index (χ1) is 8.47. The van der Waals surface area contributed by atoms with Gasteiger partial charge in [0, 0.05) is 31.4 Å². The minimum absolute atomic E-state index is 0.417. The van der Waals surface area contributed by atoms with E-state index in [1.807, 2.05) is 4.90 Å². The average molecular weight is 258 g/mol. The van der Waals surface area contributed by atoms with Crippen molar-refractivity contribution in [3.05, 3.63) is 29.8 Å². The van der Waals surface area contributed by atoms with Gasteiger partial charge in [0.05, 0.1) is 5.56 Å². The van der Waals surface area contributed by atoms with Crippen molar-refractivity contribution >= 4 is 5.69 Å². The van der Waals surface area contributed by atoms with E-state index >= 15 is 0 Å². The summed E-state index contributed by atoms with van der Waals surface area (Å²) in [5.41, 5.74) is 0.0750. The predicted molar refractivity (Wildman–Crippen MR) is 65.7 cm³/mol. The lowest BCUT2D eigenvalue weighted by molar-refractivity contribution is -0.137. The first-order valence-corrected chi connectivity index (χ1v) is 6.12. The summed E-state index contributed by atoms with van der Waals surface area (Å²) < 4.78 is 37.9. The van der Waals surface area contributed by atoms with Gasteiger partial charge in [-0.05, 0) is 31.5 Å². The van der Waals surface area contributed by atoms with E-state index < -0.39 is 11.7 Å². The number of halogens is 3. The lowest BCUT2D eigenvalue weighted by atomic mass is 10.1. The van der Waals surface area contributed by atoms with Crippen LogP contribution >= 0.6 is 0 Å². The maximum Gasteiger partial charge on any atom is 0.416 e. The summed E-state index contributed by atoms with van der Waals surface area (Å²) >= 11 is 0. The summed E-state index contributed by atoms with van der Waals surface area (Å²) in [4.78, 5) is 2.01. The fraction of sp³-hybridized carbons (Fsp3) is 0.538. The second kappa shape index (κ2) is 5.18. The Balaban J connectivity index is 2.17. The molecule has 1 unspecified atom stereocenters. The summed E-state index contributed by atoms with van der Waals surface area (Å²) in [6.07, 6.45) is -3.33. The van der Waals surface area contributed by atoms with Gasteiger partial charge in [-0.15, -0.1) is 0 Å². The molecule has 1 aliphatic rings. The third-order valence-corrected chi connectivity index (χ3v) is 3.25. The lowest BCUT2D eigenvalue weighted by Gasteiger charge is -2.23. The number of hydrogen-bond donors (Lipinski definition) is 1. The minimum Gasteiger partial charge on any atom is -0.370 e. The molecular weight excluding hydrogens is 241 g/mol. The molecule has 0 amide bonds. The van der Waals surface area contributed by atoms with Gasteiger partial charge >= 0.3 is 6.18 Å². The number of nitrogens with zero attached hydrogens (tertiary/aromatic N) is 1. The van der Waals surface area contributed by atoms with E-state index in [2.05, 4.69) is 12.2 Å². The topological polar surface area (TPSA) is 15.3 Å². The normalized spacial score (nSPS) is 21.8. The largest absolute Gasteiger partial charge is 0.416 e. The molecule has 1 atom stereocenters. The number of nitrogens with one attached hydrogen (secondary N) is 1. The molecular formula is C13H17F3N2. The molecule has 1 fully saturated rings. The highest BCUT2D eigenvalue weighted by atomic mass is 19.4. The highest BCUT2D eigenvalue weighted by molar-refractivity contribution is 5.49. The van der Waals surface area contributed by atoms with Crippen molar-refractivity contribution in [3.8, 4) is 0 Å².